The first-order valence-corrected chi connectivity index (χ1v) is 12.1. The lowest BCUT2D eigenvalue weighted by Gasteiger charge is -2.26. The summed E-state index contributed by atoms with van der Waals surface area (Å²) in [5.74, 6) is -2.42. The molecule has 0 saturated carbocycles. The summed E-state index contributed by atoms with van der Waals surface area (Å²) < 4.78 is 27.0. The van der Waals surface area contributed by atoms with Crippen LogP contribution in [0.4, 0.5) is 11.4 Å². The summed E-state index contributed by atoms with van der Waals surface area (Å²) >= 11 is 0. The number of rotatable bonds is 6. The van der Waals surface area contributed by atoms with E-state index in [1.165, 1.54) is 47.6 Å². The zero-order chi connectivity index (χ0) is 24.6. The van der Waals surface area contributed by atoms with Crippen LogP contribution in [0.5, 0.6) is 0 Å². The molecule has 1 unspecified atom stereocenters. The highest BCUT2D eigenvalue weighted by Crippen LogP contribution is 2.32. The molecule has 0 radical (unpaired) electrons. The number of nitro benzene ring substituents is 1. The van der Waals surface area contributed by atoms with Crippen LogP contribution in [0.1, 0.15) is 46.9 Å². The van der Waals surface area contributed by atoms with Crippen LogP contribution in [0.2, 0.25) is 0 Å². The number of piperidine rings is 1. The Morgan fingerprint density at radius 3 is 2.29 bits per heavy atom. The number of fused-ring (bicyclic) bond motifs is 1. The molecule has 2 aliphatic heterocycles. The van der Waals surface area contributed by atoms with Crippen LogP contribution >= 0.6 is 0 Å². The van der Waals surface area contributed by atoms with Gasteiger partial charge in [-0.05, 0) is 50.1 Å². The second kappa shape index (κ2) is 8.95. The first-order chi connectivity index (χ1) is 16.1. The Bertz CT molecular complexity index is 1280. The van der Waals surface area contributed by atoms with Gasteiger partial charge in [-0.2, -0.15) is 4.31 Å². The number of imide groups is 1. The molecule has 0 spiro atoms. The first-order valence-electron chi connectivity index (χ1n) is 10.7. The van der Waals surface area contributed by atoms with Gasteiger partial charge in [0.15, 0.2) is 0 Å². The number of hydrogen-bond donors (Lipinski definition) is 1. The van der Waals surface area contributed by atoms with Crippen molar-refractivity contribution in [1.29, 1.82) is 0 Å². The van der Waals surface area contributed by atoms with Crippen molar-refractivity contribution >= 4 is 39.1 Å². The van der Waals surface area contributed by atoms with Crippen molar-refractivity contribution in [2.24, 2.45) is 0 Å². The van der Waals surface area contributed by atoms with Gasteiger partial charge in [-0.3, -0.25) is 29.4 Å². The molecule has 2 aromatic carbocycles. The van der Waals surface area contributed by atoms with Crippen LogP contribution in [0, 0.1) is 10.1 Å². The molecule has 0 aliphatic carbocycles. The van der Waals surface area contributed by atoms with Gasteiger partial charge in [0.05, 0.1) is 15.4 Å². The van der Waals surface area contributed by atoms with Gasteiger partial charge in [0.2, 0.25) is 15.9 Å². The van der Waals surface area contributed by atoms with Crippen LogP contribution < -0.4 is 5.32 Å². The molecule has 1 saturated heterocycles. The summed E-state index contributed by atoms with van der Waals surface area (Å²) in [5.41, 5.74) is -0.705. The van der Waals surface area contributed by atoms with E-state index in [9.17, 15) is 32.9 Å². The minimum absolute atomic E-state index is 0.105. The molecule has 0 bridgehead atoms. The predicted octanol–water partition coefficient (Wildman–Crippen LogP) is 2.39. The molecule has 178 valence electrons. The monoisotopic (exact) mass is 486 g/mol. The van der Waals surface area contributed by atoms with E-state index >= 15 is 0 Å². The van der Waals surface area contributed by atoms with E-state index in [0.29, 0.717) is 18.0 Å². The number of anilines is 1. The Morgan fingerprint density at radius 1 is 1.03 bits per heavy atom. The lowest BCUT2D eigenvalue weighted by Crippen LogP contribution is -2.45. The third kappa shape index (κ3) is 4.05. The first kappa shape index (κ1) is 23.5. The van der Waals surface area contributed by atoms with Gasteiger partial charge in [-0.15, -0.1) is 0 Å². The normalized spacial score (nSPS) is 17.4. The zero-order valence-electron chi connectivity index (χ0n) is 18.3. The molecule has 11 nitrogen and oxygen atoms in total. The van der Waals surface area contributed by atoms with Gasteiger partial charge < -0.3 is 5.32 Å². The lowest BCUT2D eigenvalue weighted by atomic mass is 10.1. The van der Waals surface area contributed by atoms with Gasteiger partial charge in [0.1, 0.15) is 11.6 Å². The Balaban J connectivity index is 1.49. The second-order valence-corrected chi connectivity index (χ2v) is 10.0. The van der Waals surface area contributed by atoms with Crippen molar-refractivity contribution in [2.75, 3.05) is 18.4 Å². The Labute approximate surface area is 195 Å². The molecule has 1 fully saturated rings. The van der Waals surface area contributed by atoms with Crippen molar-refractivity contribution in [1.82, 2.24) is 9.21 Å². The molecule has 2 heterocycles. The van der Waals surface area contributed by atoms with E-state index in [-0.39, 0.29) is 21.7 Å². The van der Waals surface area contributed by atoms with Gasteiger partial charge in [-0.25, -0.2) is 8.42 Å². The SMILES string of the molecule is CC(C(=O)Nc1ccc(S(=O)(=O)N2CCCCC2)cc1)N1C(=O)c2cccc([N+](=O)[O-])c2C1=O. The molecular formula is C22H22N4O7S. The number of amides is 3. The number of benzene rings is 2. The fraction of sp³-hybridized carbons (Fsp3) is 0.318. The molecule has 1 atom stereocenters. The van der Waals surface area contributed by atoms with Crippen molar-refractivity contribution in [2.45, 2.75) is 37.1 Å². The maximum atomic E-state index is 12.8. The number of nitro groups is 1. The molecule has 2 aromatic rings. The minimum Gasteiger partial charge on any atom is -0.324 e. The summed E-state index contributed by atoms with van der Waals surface area (Å²) in [7, 11) is -3.62. The largest absolute Gasteiger partial charge is 0.324 e. The van der Waals surface area contributed by atoms with Crippen LogP contribution in [-0.2, 0) is 14.8 Å². The van der Waals surface area contributed by atoms with E-state index < -0.39 is 44.4 Å². The van der Waals surface area contributed by atoms with Crippen molar-refractivity contribution < 1.29 is 27.7 Å². The quantitative estimate of drug-likeness (QED) is 0.374. The smallest absolute Gasteiger partial charge is 0.282 e. The number of hydrogen-bond acceptors (Lipinski definition) is 7. The molecule has 4 rings (SSSR count). The van der Waals surface area contributed by atoms with Gasteiger partial charge in [0.25, 0.3) is 17.5 Å². The van der Waals surface area contributed by atoms with E-state index in [0.717, 1.165) is 25.3 Å². The highest BCUT2D eigenvalue weighted by molar-refractivity contribution is 7.89. The van der Waals surface area contributed by atoms with Crippen molar-refractivity contribution in [3.8, 4) is 0 Å². The molecule has 0 aromatic heterocycles. The highest BCUT2D eigenvalue weighted by Gasteiger charge is 2.44. The van der Waals surface area contributed by atoms with Crippen LogP contribution in [0.15, 0.2) is 47.4 Å². The standard InChI is InChI=1S/C22H22N4O7S/c1-14(25-21(28)17-6-5-7-18(26(30)31)19(17)22(25)29)20(27)23-15-8-10-16(11-9-15)34(32,33)24-12-3-2-4-13-24/h5-11,14H,2-4,12-13H2,1H3,(H,23,27). The van der Waals surface area contributed by atoms with E-state index in [2.05, 4.69) is 5.32 Å². The number of carbonyl (C=O) groups is 3. The number of sulfonamides is 1. The van der Waals surface area contributed by atoms with Crippen LogP contribution in [0.3, 0.4) is 0 Å². The van der Waals surface area contributed by atoms with Gasteiger partial charge >= 0.3 is 0 Å². The summed E-state index contributed by atoms with van der Waals surface area (Å²) in [6, 6.07) is 8.08. The van der Waals surface area contributed by atoms with Crippen molar-refractivity contribution in [3.63, 3.8) is 0 Å². The summed E-state index contributed by atoms with van der Waals surface area (Å²) in [6.45, 7) is 2.27. The third-order valence-electron chi connectivity index (χ3n) is 5.96. The topological polar surface area (TPSA) is 147 Å². The number of nitrogens with one attached hydrogen (secondary N) is 1. The molecular weight excluding hydrogens is 464 g/mol. The predicted molar refractivity (Wildman–Crippen MR) is 121 cm³/mol. The maximum Gasteiger partial charge on any atom is 0.282 e. The lowest BCUT2D eigenvalue weighted by molar-refractivity contribution is -0.385. The number of nitrogens with zero attached hydrogens (tertiary/aromatic N) is 3. The number of carbonyl (C=O) groups excluding carboxylic acids is 3. The Hall–Kier alpha value is -3.64. The van der Waals surface area contributed by atoms with Crippen molar-refractivity contribution in [3.05, 3.63) is 63.7 Å². The highest BCUT2D eigenvalue weighted by atomic mass is 32.2. The molecule has 3 amide bonds. The Morgan fingerprint density at radius 2 is 1.68 bits per heavy atom. The fourth-order valence-electron chi connectivity index (χ4n) is 4.12. The van der Waals surface area contributed by atoms with Gasteiger partial charge in [0, 0.05) is 24.8 Å². The van der Waals surface area contributed by atoms with Crippen LogP contribution in [0.25, 0.3) is 0 Å². The summed E-state index contributed by atoms with van der Waals surface area (Å²) in [6.07, 6.45) is 2.62. The summed E-state index contributed by atoms with van der Waals surface area (Å²) in [4.78, 5) is 49.6. The zero-order valence-corrected chi connectivity index (χ0v) is 19.1. The van der Waals surface area contributed by atoms with Gasteiger partial charge in [-0.1, -0.05) is 12.5 Å². The average Bonchev–Trinajstić information content (AvgIpc) is 3.09. The van der Waals surface area contributed by atoms with Crippen LogP contribution in [-0.4, -0.2) is 59.4 Å². The molecule has 1 N–H and O–H groups in total. The third-order valence-corrected chi connectivity index (χ3v) is 7.88. The average molecular weight is 487 g/mol. The molecule has 12 heteroatoms. The minimum atomic E-state index is -3.62. The van der Waals surface area contributed by atoms with E-state index in [1.54, 1.807) is 0 Å². The summed E-state index contributed by atoms with van der Waals surface area (Å²) in [5, 5.41) is 13.8. The maximum absolute atomic E-state index is 12.8. The molecule has 34 heavy (non-hydrogen) atoms. The van der Waals surface area contributed by atoms with E-state index in [1.807, 2.05) is 0 Å². The molecule has 2 aliphatic rings. The second-order valence-electron chi connectivity index (χ2n) is 8.09. The fourth-order valence-corrected chi connectivity index (χ4v) is 5.64. The van der Waals surface area contributed by atoms with E-state index in [4.69, 9.17) is 0 Å². The Kier molecular flexibility index (Phi) is 6.19.